The fourth-order valence-electron chi connectivity index (χ4n) is 3.21. The van der Waals surface area contributed by atoms with E-state index in [0.29, 0.717) is 22.4 Å². The number of aromatic amines is 1. The number of hydrogen-bond donors (Lipinski definition) is 3. The third kappa shape index (κ3) is 4.13. The molecule has 2 aromatic carbocycles. The third-order valence-electron chi connectivity index (χ3n) is 4.96. The van der Waals surface area contributed by atoms with Gasteiger partial charge in [-0.3, -0.25) is 14.7 Å². The van der Waals surface area contributed by atoms with Crippen molar-refractivity contribution < 1.29 is 18.7 Å². The van der Waals surface area contributed by atoms with Crippen LogP contribution in [0.5, 0.6) is 5.75 Å². The molecule has 0 bridgehead atoms. The highest BCUT2D eigenvalue weighted by atomic mass is 16.5. The molecule has 8 heteroatoms. The van der Waals surface area contributed by atoms with E-state index >= 15 is 0 Å². The van der Waals surface area contributed by atoms with Crippen LogP contribution in [0, 0.1) is 0 Å². The predicted octanol–water partition coefficient (Wildman–Crippen LogP) is 4.08. The zero-order valence-electron chi connectivity index (χ0n) is 17.4. The minimum Gasteiger partial charge on any atom is -0.497 e. The van der Waals surface area contributed by atoms with Crippen molar-refractivity contribution in [3.63, 3.8) is 0 Å². The third-order valence-corrected chi connectivity index (χ3v) is 4.96. The average molecular weight is 418 g/mol. The van der Waals surface area contributed by atoms with Gasteiger partial charge in [-0.1, -0.05) is 30.3 Å². The summed E-state index contributed by atoms with van der Waals surface area (Å²) in [6.45, 7) is 3.83. The van der Waals surface area contributed by atoms with Crippen LogP contribution in [0.25, 0.3) is 11.1 Å². The molecule has 2 heterocycles. The lowest BCUT2D eigenvalue weighted by Gasteiger charge is -2.26. The molecule has 2 amide bonds. The maximum absolute atomic E-state index is 12.8. The highest BCUT2D eigenvalue weighted by molar-refractivity contribution is 6.07. The molecule has 0 fully saturated rings. The fourth-order valence-corrected chi connectivity index (χ4v) is 3.21. The first-order valence-electron chi connectivity index (χ1n) is 9.69. The van der Waals surface area contributed by atoms with E-state index in [-0.39, 0.29) is 23.4 Å². The van der Waals surface area contributed by atoms with Crippen molar-refractivity contribution in [1.29, 1.82) is 0 Å². The van der Waals surface area contributed by atoms with Gasteiger partial charge in [0.2, 0.25) is 0 Å². The number of ether oxygens (including phenoxy) is 1. The molecule has 0 spiro atoms. The maximum atomic E-state index is 12.8. The zero-order valence-corrected chi connectivity index (χ0v) is 17.4. The van der Waals surface area contributed by atoms with Gasteiger partial charge >= 0.3 is 0 Å². The van der Waals surface area contributed by atoms with Crippen molar-refractivity contribution in [1.82, 2.24) is 15.5 Å². The van der Waals surface area contributed by atoms with Crippen molar-refractivity contribution >= 4 is 28.7 Å². The van der Waals surface area contributed by atoms with Crippen LogP contribution in [0.1, 0.15) is 40.3 Å². The second kappa shape index (κ2) is 7.98. The van der Waals surface area contributed by atoms with Gasteiger partial charge < -0.3 is 19.8 Å². The summed E-state index contributed by atoms with van der Waals surface area (Å²) in [6.07, 6.45) is 0. The van der Waals surface area contributed by atoms with E-state index in [0.717, 1.165) is 5.56 Å². The Labute approximate surface area is 178 Å². The van der Waals surface area contributed by atoms with E-state index in [1.165, 1.54) is 0 Å². The smallest absolute Gasteiger partial charge is 0.287 e. The molecule has 0 aliphatic carbocycles. The summed E-state index contributed by atoms with van der Waals surface area (Å²) >= 11 is 0. The van der Waals surface area contributed by atoms with Crippen LogP contribution in [0.4, 0.5) is 5.82 Å². The SMILES string of the molecule is COc1ccc(C(=O)Nc2n[nH]c3cc(C(=O)NC(C)(C)c4ccccc4)oc23)cc1. The van der Waals surface area contributed by atoms with Crippen molar-refractivity contribution in [2.24, 2.45) is 0 Å². The summed E-state index contributed by atoms with van der Waals surface area (Å²) < 4.78 is 10.8. The Bertz CT molecular complexity index is 1220. The molecule has 0 radical (unpaired) electrons. The molecule has 0 saturated heterocycles. The lowest BCUT2D eigenvalue weighted by Crippen LogP contribution is -2.40. The maximum Gasteiger partial charge on any atom is 0.287 e. The Balaban J connectivity index is 1.51. The van der Waals surface area contributed by atoms with Gasteiger partial charge in [0, 0.05) is 11.6 Å². The van der Waals surface area contributed by atoms with E-state index in [9.17, 15) is 9.59 Å². The number of hydrogen-bond acceptors (Lipinski definition) is 5. The number of carbonyl (C=O) groups is 2. The van der Waals surface area contributed by atoms with Crippen molar-refractivity contribution in [2.45, 2.75) is 19.4 Å². The minimum atomic E-state index is -0.595. The van der Waals surface area contributed by atoms with Crippen LogP contribution in [0.2, 0.25) is 0 Å². The lowest BCUT2D eigenvalue weighted by molar-refractivity contribution is 0.0885. The van der Waals surface area contributed by atoms with E-state index < -0.39 is 5.54 Å². The Morgan fingerprint density at radius 2 is 1.74 bits per heavy atom. The molecule has 2 aromatic heterocycles. The van der Waals surface area contributed by atoms with Gasteiger partial charge in [-0.05, 0) is 43.7 Å². The Kier molecular flexibility index (Phi) is 5.21. The molecule has 0 aliphatic heterocycles. The summed E-state index contributed by atoms with van der Waals surface area (Å²) in [4.78, 5) is 25.3. The number of benzene rings is 2. The molecule has 0 atom stereocenters. The molecule has 4 aromatic rings. The first kappa shape index (κ1) is 20.2. The summed E-state index contributed by atoms with van der Waals surface area (Å²) in [5.74, 6) is 0.248. The van der Waals surface area contributed by atoms with Gasteiger partial charge in [-0.25, -0.2) is 0 Å². The molecule has 0 unspecified atom stereocenters. The number of carbonyl (C=O) groups excluding carboxylic acids is 2. The summed E-state index contributed by atoms with van der Waals surface area (Å²) in [5.41, 5.74) is 1.61. The quantitative estimate of drug-likeness (QED) is 0.437. The number of anilines is 1. The molecule has 8 nitrogen and oxygen atoms in total. The second-order valence-electron chi connectivity index (χ2n) is 7.55. The molecule has 158 valence electrons. The molecule has 3 N–H and O–H groups in total. The Morgan fingerprint density at radius 1 is 1.03 bits per heavy atom. The Morgan fingerprint density at radius 3 is 2.42 bits per heavy atom. The van der Waals surface area contributed by atoms with E-state index in [4.69, 9.17) is 9.15 Å². The number of methoxy groups -OCH3 is 1. The second-order valence-corrected chi connectivity index (χ2v) is 7.55. The van der Waals surface area contributed by atoms with Crippen LogP contribution < -0.4 is 15.4 Å². The molecule has 4 rings (SSSR count). The van der Waals surface area contributed by atoms with E-state index in [1.54, 1.807) is 37.4 Å². The average Bonchev–Trinajstić information content (AvgIpc) is 3.36. The summed E-state index contributed by atoms with van der Waals surface area (Å²) in [7, 11) is 1.56. The molecular weight excluding hydrogens is 396 g/mol. The van der Waals surface area contributed by atoms with Crippen molar-refractivity contribution in [2.75, 3.05) is 12.4 Å². The fraction of sp³-hybridized carbons (Fsp3) is 0.174. The Hall–Kier alpha value is -4.07. The number of rotatable bonds is 6. The van der Waals surface area contributed by atoms with E-state index in [1.807, 2.05) is 44.2 Å². The van der Waals surface area contributed by atoms with Gasteiger partial charge in [0.15, 0.2) is 17.2 Å². The van der Waals surface area contributed by atoms with Crippen LogP contribution in [-0.2, 0) is 5.54 Å². The standard InChI is InChI=1S/C23H22N4O4/c1-23(2,15-7-5-4-6-8-15)25-22(29)18-13-17-19(31-18)20(27-26-17)24-21(28)14-9-11-16(30-3)12-10-14/h4-13H,1-3H3,(H,25,29)(H2,24,26,27,28). The van der Waals surface area contributed by atoms with Crippen LogP contribution in [-0.4, -0.2) is 29.1 Å². The van der Waals surface area contributed by atoms with Crippen LogP contribution in [0.15, 0.2) is 65.1 Å². The summed E-state index contributed by atoms with van der Waals surface area (Å²) in [5, 5.41) is 12.5. The van der Waals surface area contributed by atoms with Gasteiger partial charge in [0.1, 0.15) is 11.3 Å². The first-order chi connectivity index (χ1) is 14.9. The predicted molar refractivity (Wildman–Crippen MR) is 116 cm³/mol. The molecular formula is C23H22N4O4. The monoisotopic (exact) mass is 418 g/mol. The number of nitrogens with one attached hydrogen (secondary N) is 3. The van der Waals surface area contributed by atoms with Crippen LogP contribution >= 0.6 is 0 Å². The molecule has 0 aliphatic rings. The van der Waals surface area contributed by atoms with Crippen LogP contribution in [0.3, 0.4) is 0 Å². The number of fused-ring (bicyclic) bond motifs is 1. The van der Waals surface area contributed by atoms with Gasteiger partial charge in [0.25, 0.3) is 11.8 Å². The molecule has 0 saturated carbocycles. The van der Waals surface area contributed by atoms with Crippen molar-refractivity contribution in [3.05, 3.63) is 77.6 Å². The number of aromatic nitrogens is 2. The van der Waals surface area contributed by atoms with Gasteiger partial charge in [-0.15, -0.1) is 0 Å². The number of H-pyrrole nitrogens is 1. The summed E-state index contributed by atoms with van der Waals surface area (Å²) in [6, 6.07) is 17.9. The van der Waals surface area contributed by atoms with Crippen molar-refractivity contribution in [3.8, 4) is 5.75 Å². The lowest BCUT2D eigenvalue weighted by atomic mass is 9.94. The largest absolute Gasteiger partial charge is 0.497 e. The normalized spacial score (nSPS) is 11.3. The minimum absolute atomic E-state index is 0.118. The molecule has 31 heavy (non-hydrogen) atoms. The number of nitrogens with zero attached hydrogens (tertiary/aromatic N) is 1. The van der Waals surface area contributed by atoms with Gasteiger partial charge in [-0.2, -0.15) is 5.10 Å². The first-order valence-corrected chi connectivity index (χ1v) is 9.69. The highest BCUT2D eigenvalue weighted by Gasteiger charge is 2.26. The van der Waals surface area contributed by atoms with E-state index in [2.05, 4.69) is 20.8 Å². The number of furan rings is 1. The van der Waals surface area contributed by atoms with Gasteiger partial charge in [0.05, 0.1) is 12.6 Å². The number of amides is 2. The zero-order chi connectivity index (χ0) is 22.0. The highest BCUT2D eigenvalue weighted by Crippen LogP contribution is 2.26. The topological polar surface area (TPSA) is 109 Å².